The van der Waals surface area contributed by atoms with Gasteiger partial charge in [-0.2, -0.15) is 0 Å². The molecule has 3 aliphatic rings. The molecule has 0 aromatic heterocycles. The van der Waals surface area contributed by atoms with Crippen molar-refractivity contribution in [2.75, 3.05) is 13.7 Å². The van der Waals surface area contributed by atoms with E-state index in [0.29, 0.717) is 24.3 Å². The standard InChI is InChI=1S/C23H32N2O2S/c1-12-9-18(27-4)19(16-7-5-15(6-8-16)13(2)11-24)20-17-10-14(3)28-22(17)23(26)25-21(12)20/h5-8,10,12-13,17-22H,9,11,24H2,1-4H3,(H,25,26)/t12?,13-,17?,18?,19?,20?,21?,22?/m0/s1. The Morgan fingerprint density at radius 1 is 1.32 bits per heavy atom. The van der Waals surface area contributed by atoms with Gasteiger partial charge in [-0.25, -0.2) is 0 Å². The molecule has 2 heterocycles. The Hall–Kier alpha value is -1.30. The molecule has 5 heteroatoms. The predicted octanol–water partition coefficient (Wildman–Crippen LogP) is 3.64. The van der Waals surface area contributed by atoms with E-state index in [-0.39, 0.29) is 35.1 Å². The van der Waals surface area contributed by atoms with Crippen LogP contribution in [-0.2, 0) is 9.53 Å². The first-order valence-corrected chi connectivity index (χ1v) is 11.3. The van der Waals surface area contributed by atoms with Gasteiger partial charge in [0, 0.05) is 25.0 Å². The number of ether oxygens (including phenoxy) is 1. The van der Waals surface area contributed by atoms with Gasteiger partial charge in [-0.1, -0.05) is 44.2 Å². The number of benzene rings is 1. The Morgan fingerprint density at radius 3 is 2.68 bits per heavy atom. The van der Waals surface area contributed by atoms with Gasteiger partial charge in [-0.15, -0.1) is 11.8 Å². The predicted molar refractivity (Wildman–Crippen MR) is 115 cm³/mol. The van der Waals surface area contributed by atoms with Crippen molar-refractivity contribution in [3.63, 3.8) is 0 Å². The number of amides is 1. The molecule has 8 atom stereocenters. The molecule has 4 rings (SSSR count). The fraction of sp³-hybridized carbons (Fsp3) is 0.609. The van der Waals surface area contributed by atoms with E-state index in [2.05, 4.69) is 56.4 Å². The summed E-state index contributed by atoms with van der Waals surface area (Å²) in [5.41, 5.74) is 8.45. The summed E-state index contributed by atoms with van der Waals surface area (Å²) in [4.78, 5) is 14.0. The van der Waals surface area contributed by atoms with Crippen molar-refractivity contribution in [2.24, 2.45) is 23.5 Å². The average molecular weight is 401 g/mol. The lowest BCUT2D eigenvalue weighted by molar-refractivity contribution is -0.128. The Balaban J connectivity index is 1.73. The molecular weight excluding hydrogens is 368 g/mol. The van der Waals surface area contributed by atoms with E-state index >= 15 is 0 Å². The number of hydrogen-bond acceptors (Lipinski definition) is 4. The number of piperidine rings is 1. The van der Waals surface area contributed by atoms with Crippen LogP contribution < -0.4 is 11.1 Å². The normalized spacial score (nSPS) is 38.2. The topological polar surface area (TPSA) is 64.3 Å². The zero-order valence-electron chi connectivity index (χ0n) is 17.2. The molecule has 28 heavy (non-hydrogen) atoms. The molecule has 0 spiro atoms. The number of nitrogens with two attached hydrogens (primary N) is 1. The fourth-order valence-corrected chi connectivity index (χ4v) is 6.78. The highest BCUT2D eigenvalue weighted by Crippen LogP contribution is 2.53. The number of methoxy groups -OCH3 is 1. The van der Waals surface area contributed by atoms with Crippen molar-refractivity contribution >= 4 is 17.7 Å². The quantitative estimate of drug-likeness (QED) is 0.810. The molecule has 0 bridgehead atoms. The molecule has 1 amide bonds. The van der Waals surface area contributed by atoms with Gasteiger partial charge < -0.3 is 15.8 Å². The lowest BCUT2D eigenvalue weighted by Crippen LogP contribution is -2.62. The van der Waals surface area contributed by atoms with Crippen molar-refractivity contribution < 1.29 is 9.53 Å². The van der Waals surface area contributed by atoms with Gasteiger partial charge >= 0.3 is 0 Å². The van der Waals surface area contributed by atoms with Gasteiger partial charge in [0.1, 0.15) is 0 Å². The van der Waals surface area contributed by atoms with Gasteiger partial charge in [-0.3, -0.25) is 4.79 Å². The summed E-state index contributed by atoms with van der Waals surface area (Å²) in [7, 11) is 1.83. The van der Waals surface area contributed by atoms with Crippen LogP contribution in [0.1, 0.15) is 50.2 Å². The number of allylic oxidation sites excluding steroid dienone is 2. The number of carbonyl (C=O) groups is 1. The highest BCUT2D eigenvalue weighted by atomic mass is 32.2. The number of fused-ring (bicyclic) bond motifs is 3. The van der Waals surface area contributed by atoms with Crippen molar-refractivity contribution in [1.29, 1.82) is 0 Å². The van der Waals surface area contributed by atoms with Gasteiger partial charge in [-0.05, 0) is 53.7 Å². The van der Waals surface area contributed by atoms with Gasteiger partial charge in [0.05, 0.1) is 11.4 Å². The molecule has 4 nitrogen and oxygen atoms in total. The van der Waals surface area contributed by atoms with Crippen LogP contribution in [0.4, 0.5) is 0 Å². The first-order valence-electron chi connectivity index (χ1n) is 10.4. The lowest BCUT2D eigenvalue weighted by Gasteiger charge is -2.52. The maximum absolute atomic E-state index is 12.8. The Labute approximate surface area is 172 Å². The minimum absolute atomic E-state index is 0.00286. The van der Waals surface area contributed by atoms with Crippen LogP contribution in [0.25, 0.3) is 0 Å². The highest BCUT2D eigenvalue weighted by molar-refractivity contribution is 8.04. The number of carbonyl (C=O) groups excluding carboxylic acids is 1. The Kier molecular flexibility index (Phi) is 5.60. The number of hydrogen-bond donors (Lipinski definition) is 2. The molecule has 2 fully saturated rings. The van der Waals surface area contributed by atoms with Crippen LogP contribution in [0.3, 0.4) is 0 Å². The summed E-state index contributed by atoms with van der Waals surface area (Å²) in [5, 5.41) is 3.38. The first-order chi connectivity index (χ1) is 13.4. The molecule has 1 saturated carbocycles. The maximum Gasteiger partial charge on any atom is 0.234 e. The lowest BCUT2D eigenvalue weighted by atomic mass is 9.60. The number of rotatable bonds is 4. The van der Waals surface area contributed by atoms with Crippen LogP contribution in [-0.4, -0.2) is 37.0 Å². The molecule has 1 saturated heterocycles. The summed E-state index contributed by atoms with van der Waals surface area (Å²) in [6, 6.07) is 9.16. The van der Waals surface area contributed by atoms with Gasteiger partial charge in [0.25, 0.3) is 0 Å². The minimum atomic E-state index is 0.00286. The molecular formula is C23H32N2O2S. The van der Waals surface area contributed by atoms with Gasteiger partial charge in [0.2, 0.25) is 5.91 Å². The number of thioether (sulfide) groups is 1. The summed E-state index contributed by atoms with van der Waals surface area (Å²) < 4.78 is 6.02. The summed E-state index contributed by atoms with van der Waals surface area (Å²) in [6.45, 7) is 7.20. The zero-order chi connectivity index (χ0) is 20.0. The largest absolute Gasteiger partial charge is 0.381 e. The molecule has 152 valence electrons. The molecule has 1 aromatic carbocycles. The second kappa shape index (κ2) is 7.85. The van der Waals surface area contributed by atoms with Crippen molar-refractivity contribution in [2.45, 2.75) is 56.4 Å². The summed E-state index contributed by atoms with van der Waals surface area (Å²) in [5.74, 6) is 1.90. The third-order valence-electron chi connectivity index (χ3n) is 7.10. The van der Waals surface area contributed by atoms with E-state index < -0.39 is 0 Å². The van der Waals surface area contributed by atoms with Crippen molar-refractivity contribution in [1.82, 2.24) is 5.32 Å². The van der Waals surface area contributed by atoms with E-state index in [9.17, 15) is 4.79 Å². The van der Waals surface area contributed by atoms with E-state index in [0.717, 1.165) is 6.42 Å². The molecule has 2 aliphatic heterocycles. The second-order valence-corrected chi connectivity index (χ2v) is 10.2. The van der Waals surface area contributed by atoms with E-state index in [1.54, 1.807) is 11.8 Å². The average Bonchev–Trinajstić information content (AvgIpc) is 3.10. The SMILES string of the molecule is COC1CC(C)C2NC(=O)C3SC(C)=CC3C2C1c1ccc([C@@H](C)CN)cc1. The Morgan fingerprint density at radius 2 is 2.04 bits per heavy atom. The first kappa shape index (κ1) is 20.0. The third kappa shape index (κ3) is 3.31. The number of nitrogens with one attached hydrogen (secondary N) is 1. The van der Waals surface area contributed by atoms with Crippen molar-refractivity contribution in [3.05, 3.63) is 46.4 Å². The summed E-state index contributed by atoms with van der Waals surface area (Å²) in [6.07, 6.45) is 3.48. The van der Waals surface area contributed by atoms with E-state index in [1.807, 2.05) is 7.11 Å². The van der Waals surface area contributed by atoms with E-state index in [4.69, 9.17) is 10.5 Å². The van der Waals surface area contributed by atoms with Crippen LogP contribution in [0.2, 0.25) is 0 Å². The molecule has 1 aromatic rings. The minimum Gasteiger partial charge on any atom is -0.381 e. The Bertz CT molecular complexity index is 762. The molecule has 0 radical (unpaired) electrons. The van der Waals surface area contributed by atoms with Crippen LogP contribution in [0, 0.1) is 17.8 Å². The second-order valence-electron chi connectivity index (χ2n) is 8.82. The highest BCUT2D eigenvalue weighted by Gasteiger charge is 2.54. The van der Waals surface area contributed by atoms with Crippen LogP contribution in [0.15, 0.2) is 35.2 Å². The van der Waals surface area contributed by atoms with Crippen LogP contribution in [0.5, 0.6) is 0 Å². The fourth-order valence-electron chi connectivity index (χ4n) is 5.55. The van der Waals surface area contributed by atoms with E-state index in [1.165, 1.54) is 16.0 Å². The molecule has 1 aliphatic carbocycles. The smallest absolute Gasteiger partial charge is 0.234 e. The van der Waals surface area contributed by atoms with Crippen molar-refractivity contribution in [3.8, 4) is 0 Å². The maximum atomic E-state index is 12.8. The molecule has 7 unspecified atom stereocenters. The van der Waals surface area contributed by atoms with Gasteiger partial charge in [0.15, 0.2) is 0 Å². The monoisotopic (exact) mass is 400 g/mol. The van der Waals surface area contributed by atoms with Crippen LogP contribution >= 0.6 is 11.8 Å². The zero-order valence-corrected chi connectivity index (χ0v) is 18.0. The summed E-state index contributed by atoms with van der Waals surface area (Å²) >= 11 is 1.72. The third-order valence-corrected chi connectivity index (χ3v) is 8.39. The molecule has 3 N–H and O–H groups in total.